The molecule has 0 radical (unpaired) electrons. The van der Waals surface area contributed by atoms with Gasteiger partial charge in [0.2, 0.25) is 5.88 Å². The number of aromatic nitrogens is 1. The highest BCUT2D eigenvalue weighted by molar-refractivity contribution is 5.68. The highest BCUT2D eigenvalue weighted by Crippen LogP contribution is 2.34. The van der Waals surface area contributed by atoms with E-state index in [0.717, 1.165) is 65.7 Å². The van der Waals surface area contributed by atoms with Crippen LogP contribution in [0.4, 0.5) is 5.88 Å². The van der Waals surface area contributed by atoms with Crippen molar-refractivity contribution in [3.8, 4) is 17.0 Å². The number of aryl methyl sites for hydroxylation is 1. The van der Waals surface area contributed by atoms with Crippen LogP contribution in [0.1, 0.15) is 36.1 Å². The van der Waals surface area contributed by atoms with Crippen molar-refractivity contribution in [3.63, 3.8) is 0 Å². The zero-order chi connectivity index (χ0) is 25.5. The van der Waals surface area contributed by atoms with Gasteiger partial charge in [0.25, 0.3) is 0 Å². The molecule has 1 fully saturated rings. The van der Waals surface area contributed by atoms with E-state index in [0.29, 0.717) is 19.6 Å². The summed E-state index contributed by atoms with van der Waals surface area (Å²) in [7, 11) is 0. The van der Waals surface area contributed by atoms with Crippen LogP contribution in [0.3, 0.4) is 0 Å². The van der Waals surface area contributed by atoms with Crippen LogP contribution in [0.25, 0.3) is 11.3 Å². The van der Waals surface area contributed by atoms with Crippen LogP contribution in [-0.4, -0.2) is 47.5 Å². The fourth-order valence-corrected chi connectivity index (χ4v) is 4.90. The van der Waals surface area contributed by atoms with Gasteiger partial charge in [0.1, 0.15) is 29.9 Å². The molecule has 0 bridgehead atoms. The summed E-state index contributed by atoms with van der Waals surface area (Å²) in [6.07, 6.45) is 4.52. The van der Waals surface area contributed by atoms with Crippen molar-refractivity contribution in [2.45, 2.75) is 45.4 Å². The molecule has 3 heterocycles. The van der Waals surface area contributed by atoms with Crippen molar-refractivity contribution in [2.24, 2.45) is 0 Å². The largest absolute Gasteiger partial charge is 0.491 e. The third-order valence-electron chi connectivity index (χ3n) is 6.79. The molecule has 5 rings (SSSR count). The van der Waals surface area contributed by atoms with E-state index in [-0.39, 0.29) is 6.61 Å². The first-order valence-corrected chi connectivity index (χ1v) is 13.1. The van der Waals surface area contributed by atoms with Crippen molar-refractivity contribution in [2.75, 3.05) is 31.1 Å². The lowest BCUT2D eigenvalue weighted by atomic mass is 10.1. The van der Waals surface area contributed by atoms with E-state index in [4.69, 9.17) is 13.7 Å². The molecule has 7 heteroatoms. The van der Waals surface area contributed by atoms with Gasteiger partial charge in [0.05, 0.1) is 18.4 Å². The Hall–Kier alpha value is -3.55. The number of furan rings is 1. The summed E-state index contributed by atoms with van der Waals surface area (Å²) in [4.78, 5) is 4.48. The lowest BCUT2D eigenvalue weighted by Gasteiger charge is -2.29. The quantitative estimate of drug-likeness (QED) is 0.284. The fourth-order valence-electron chi connectivity index (χ4n) is 4.90. The second-order valence-electron chi connectivity index (χ2n) is 9.71. The molecule has 2 aromatic carbocycles. The highest BCUT2D eigenvalue weighted by atomic mass is 16.5. The van der Waals surface area contributed by atoms with Gasteiger partial charge in [-0.15, -0.1) is 0 Å². The molecular formula is C30H35N3O4. The Morgan fingerprint density at radius 2 is 1.76 bits per heavy atom. The first-order chi connectivity index (χ1) is 18.2. The van der Waals surface area contributed by atoms with Crippen molar-refractivity contribution in [1.82, 2.24) is 10.1 Å². The molecular weight excluding hydrogens is 466 g/mol. The lowest BCUT2D eigenvalue weighted by molar-refractivity contribution is 0.0603. The monoisotopic (exact) mass is 501 g/mol. The van der Waals surface area contributed by atoms with Gasteiger partial charge in [-0.1, -0.05) is 53.7 Å². The molecule has 0 amide bonds. The van der Waals surface area contributed by atoms with E-state index >= 15 is 0 Å². The van der Waals surface area contributed by atoms with Crippen LogP contribution in [0.2, 0.25) is 0 Å². The first kappa shape index (κ1) is 25.1. The number of anilines is 1. The molecule has 194 valence electrons. The van der Waals surface area contributed by atoms with Gasteiger partial charge >= 0.3 is 0 Å². The minimum atomic E-state index is -0.687. The highest BCUT2D eigenvalue weighted by Gasteiger charge is 2.26. The normalized spacial score (nSPS) is 14.7. The Labute approximate surface area is 218 Å². The number of benzene rings is 2. The number of piperidine rings is 1. The number of para-hydroxylation sites is 1. The van der Waals surface area contributed by atoms with E-state index in [1.165, 1.54) is 6.42 Å². The molecule has 1 unspecified atom stereocenters. The van der Waals surface area contributed by atoms with Gasteiger partial charge < -0.3 is 23.7 Å². The molecule has 1 saturated heterocycles. The Balaban J connectivity index is 1.39. The Kier molecular flexibility index (Phi) is 8.23. The minimum Gasteiger partial charge on any atom is -0.491 e. The summed E-state index contributed by atoms with van der Waals surface area (Å²) in [5.74, 6) is 2.45. The summed E-state index contributed by atoms with van der Waals surface area (Å²) in [6, 6.07) is 21.9. The van der Waals surface area contributed by atoms with Gasteiger partial charge in [-0.05, 0) is 49.9 Å². The molecule has 1 atom stereocenters. The molecule has 1 N–H and O–H groups in total. The Morgan fingerprint density at radius 3 is 2.51 bits per heavy atom. The number of rotatable bonds is 11. The summed E-state index contributed by atoms with van der Waals surface area (Å²) in [5.41, 5.74) is 3.94. The van der Waals surface area contributed by atoms with Crippen LogP contribution >= 0.6 is 0 Å². The number of ether oxygens (including phenoxy) is 1. The molecule has 7 nitrogen and oxygen atoms in total. The van der Waals surface area contributed by atoms with Gasteiger partial charge in [-0.2, -0.15) is 0 Å². The molecule has 37 heavy (non-hydrogen) atoms. The summed E-state index contributed by atoms with van der Waals surface area (Å²) in [5, 5.41) is 15.5. The first-order valence-electron chi connectivity index (χ1n) is 13.1. The molecule has 0 aliphatic carbocycles. The molecule has 1 aliphatic rings. The molecule has 1 aliphatic heterocycles. The third kappa shape index (κ3) is 6.42. The van der Waals surface area contributed by atoms with Crippen LogP contribution in [0.15, 0.2) is 81.9 Å². The second-order valence-corrected chi connectivity index (χ2v) is 9.71. The van der Waals surface area contributed by atoms with Crippen molar-refractivity contribution in [1.29, 1.82) is 0 Å². The number of hydrogen-bond donors (Lipinski definition) is 1. The maximum atomic E-state index is 11.0. The minimum absolute atomic E-state index is 0.202. The van der Waals surface area contributed by atoms with Crippen molar-refractivity contribution >= 4 is 5.88 Å². The summed E-state index contributed by atoms with van der Waals surface area (Å²) < 4.78 is 17.6. The van der Waals surface area contributed by atoms with E-state index in [9.17, 15) is 5.11 Å². The Morgan fingerprint density at radius 1 is 0.973 bits per heavy atom. The summed E-state index contributed by atoms with van der Waals surface area (Å²) in [6.45, 7) is 5.64. The number of hydrogen-bond acceptors (Lipinski definition) is 7. The van der Waals surface area contributed by atoms with E-state index in [2.05, 4.69) is 27.1 Å². The third-order valence-corrected chi connectivity index (χ3v) is 6.79. The maximum Gasteiger partial charge on any atom is 0.232 e. The maximum absolute atomic E-state index is 11.0. The predicted molar refractivity (Wildman–Crippen MR) is 144 cm³/mol. The molecule has 0 saturated carbocycles. The second kappa shape index (κ2) is 12.1. The van der Waals surface area contributed by atoms with Gasteiger partial charge in [0, 0.05) is 31.7 Å². The number of nitrogens with zero attached hydrogens (tertiary/aromatic N) is 3. The zero-order valence-electron chi connectivity index (χ0n) is 21.4. The SMILES string of the molecule is Cc1ccccc1OCC(O)CN(Cc1ccco1)Cc1c(-c2ccccc2)noc1N1CCCCC1. The predicted octanol–water partition coefficient (Wildman–Crippen LogP) is 5.68. The van der Waals surface area contributed by atoms with Crippen molar-refractivity contribution in [3.05, 3.63) is 89.9 Å². The van der Waals surface area contributed by atoms with Gasteiger partial charge in [0.15, 0.2) is 0 Å². The average Bonchev–Trinajstić information content (AvgIpc) is 3.59. The van der Waals surface area contributed by atoms with Crippen LogP contribution < -0.4 is 9.64 Å². The topological polar surface area (TPSA) is 75.1 Å². The standard InChI is InChI=1S/C30H35N3O4/c1-23-11-6-7-15-28(23)36-22-25(34)19-32(20-26-14-10-18-35-26)21-27-29(24-12-4-2-5-13-24)31-37-30(27)33-16-8-3-9-17-33/h2,4-7,10-15,18,25,34H,3,8-9,16-17,19-22H2,1H3. The Bertz CT molecular complexity index is 1230. The molecule has 4 aromatic rings. The fraction of sp³-hybridized carbons (Fsp3) is 0.367. The zero-order valence-corrected chi connectivity index (χ0v) is 21.4. The van der Waals surface area contributed by atoms with Crippen LogP contribution in [0.5, 0.6) is 5.75 Å². The molecule has 2 aromatic heterocycles. The lowest BCUT2D eigenvalue weighted by Crippen LogP contribution is -2.36. The van der Waals surface area contributed by atoms with Crippen LogP contribution in [-0.2, 0) is 13.1 Å². The average molecular weight is 502 g/mol. The number of aliphatic hydroxyl groups excluding tert-OH is 1. The van der Waals surface area contributed by atoms with E-state index < -0.39 is 6.10 Å². The summed E-state index contributed by atoms with van der Waals surface area (Å²) >= 11 is 0. The van der Waals surface area contributed by atoms with Gasteiger partial charge in [-0.3, -0.25) is 4.90 Å². The van der Waals surface area contributed by atoms with Gasteiger partial charge in [-0.25, -0.2) is 0 Å². The molecule has 0 spiro atoms. The smallest absolute Gasteiger partial charge is 0.232 e. The number of aliphatic hydroxyl groups is 1. The van der Waals surface area contributed by atoms with Crippen LogP contribution in [0, 0.1) is 6.92 Å². The van der Waals surface area contributed by atoms with Crippen molar-refractivity contribution < 1.29 is 18.8 Å². The van der Waals surface area contributed by atoms with E-state index in [1.54, 1.807) is 6.26 Å². The van der Waals surface area contributed by atoms with E-state index in [1.807, 2.05) is 61.5 Å².